The molecule has 2 N–H and O–H groups in total. The minimum atomic E-state index is 0.417. The van der Waals surface area contributed by atoms with Gasteiger partial charge in [0.05, 0.1) is 31.3 Å². The Balaban J connectivity index is 1.70. The summed E-state index contributed by atoms with van der Waals surface area (Å²) in [7, 11) is 0. The Morgan fingerprint density at radius 2 is 2.09 bits per heavy atom. The summed E-state index contributed by atoms with van der Waals surface area (Å²) >= 11 is 0. The van der Waals surface area contributed by atoms with Crippen LogP contribution in [0.1, 0.15) is 12.7 Å². The SMILES string of the molecule is CCOc1ccccc1Nc1cnnc(NCc2ccco2)n1. The summed E-state index contributed by atoms with van der Waals surface area (Å²) in [6.07, 6.45) is 3.18. The summed E-state index contributed by atoms with van der Waals surface area (Å²) < 4.78 is 10.8. The van der Waals surface area contributed by atoms with Gasteiger partial charge in [-0.3, -0.25) is 0 Å². The molecule has 0 spiro atoms. The van der Waals surface area contributed by atoms with E-state index in [1.807, 2.05) is 43.3 Å². The smallest absolute Gasteiger partial charge is 0.245 e. The average Bonchev–Trinajstić information content (AvgIpc) is 3.09. The highest BCUT2D eigenvalue weighted by Crippen LogP contribution is 2.26. The van der Waals surface area contributed by atoms with E-state index in [1.165, 1.54) is 0 Å². The largest absolute Gasteiger partial charge is 0.492 e. The fourth-order valence-corrected chi connectivity index (χ4v) is 2.01. The molecule has 7 nitrogen and oxygen atoms in total. The zero-order valence-electron chi connectivity index (χ0n) is 12.7. The molecule has 0 fully saturated rings. The van der Waals surface area contributed by atoms with E-state index in [9.17, 15) is 0 Å². The molecule has 2 heterocycles. The lowest BCUT2D eigenvalue weighted by Gasteiger charge is -2.11. The van der Waals surface area contributed by atoms with Gasteiger partial charge in [0, 0.05) is 0 Å². The van der Waals surface area contributed by atoms with E-state index in [4.69, 9.17) is 9.15 Å². The van der Waals surface area contributed by atoms with Crippen molar-refractivity contribution in [2.45, 2.75) is 13.5 Å². The van der Waals surface area contributed by atoms with Crippen LogP contribution in [0.5, 0.6) is 5.75 Å². The number of nitrogens with zero attached hydrogens (tertiary/aromatic N) is 3. The third kappa shape index (κ3) is 3.97. The van der Waals surface area contributed by atoms with Crippen LogP contribution in [-0.4, -0.2) is 21.8 Å². The lowest BCUT2D eigenvalue weighted by molar-refractivity contribution is 0.342. The predicted molar refractivity (Wildman–Crippen MR) is 86.8 cm³/mol. The van der Waals surface area contributed by atoms with E-state index in [-0.39, 0.29) is 0 Å². The number of hydrogen-bond donors (Lipinski definition) is 2. The van der Waals surface area contributed by atoms with Crippen molar-refractivity contribution in [1.29, 1.82) is 0 Å². The van der Waals surface area contributed by atoms with Gasteiger partial charge in [0.15, 0.2) is 5.82 Å². The average molecular weight is 311 g/mol. The summed E-state index contributed by atoms with van der Waals surface area (Å²) in [5, 5.41) is 14.2. The number of benzene rings is 1. The Labute approximate surface area is 133 Å². The van der Waals surface area contributed by atoms with Crippen LogP contribution in [0, 0.1) is 0 Å². The van der Waals surface area contributed by atoms with Crippen LogP contribution in [0.25, 0.3) is 0 Å². The standard InChI is InChI=1S/C16H17N5O2/c1-2-22-14-8-4-3-7-13(14)19-15-11-18-21-16(20-15)17-10-12-6-5-9-23-12/h3-9,11H,2,10H2,1H3,(H2,17,19,20,21). The monoisotopic (exact) mass is 311 g/mol. The highest BCUT2D eigenvalue weighted by atomic mass is 16.5. The normalized spacial score (nSPS) is 10.3. The van der Waals surface area contributed by atoms with E-state index >= 15 is 0 Å². The van der Waals surface area contributed by atoms with Gasteiger partial charge in [-0.1, -0.05) is 12.1 Å². The molecule has 3 aromatic rings. The van der Waals surface area contributed by atoms with Gasteiger partial charge in [-0.2, -0.15) is 10.1 Å². The van der Waals surface area contributed by atoms with Gasteiger partial charge < -0.3 is 19.8 Å². The van der Waals surface area contributed by atoms with Crippen LogP contribution in [0.3, 0.4) is 0 Å². The fourth-order valence-electron chi connectivity index (χ4n) is 2.01. The number of hydrogen-bond acceptors (Lipinski definition) is 7. The molecule has 0 atom stereocenters. The summed E-state index contributed by atoms with van der Waals surface area (Å²) in [5.41, 5.74) is 0.826. The second-order valence-corrected chi connectivity index (χ2v) is 4.65. The first-order valence-corrected chi connectivity index (χ1v) is 7.30. The number of aromatic nitrogens is 3. The third-order valence-electron chi connectivity index (χ3n) is 3.01. The van der Waals surface area contributed by atoms with Crippen molar-refractivity contribution in [1.82, 2.24) is 15.2 Å². The Bertz CT molecular complexity index is 746. The summed E-state index contributed by atoms with van der Waals surface area (Å²) in [6.45, 7) is 3.03. The maximum atomic E-state index is 5.58. The van der Waals surface area contributed by atoms with E-state index < -0.39 is 0 Å². The lowest BCUT2D eigenvalue weighted by Crippen LogP contribution is -2.06. The molecule has 3 rings (SSSR count). The maximum absolute atomic E-state index is 5.58. The summed E-state index contributed by atoms with van der Waals surface area (Å²) in [4.78, 5) is 4.38. The molecule has 0 saturated heterocycles. The molecule has 0 aliphatic rings. The second kappa shape index (κ2) is 7.26. The van der Waals surface area contributed by atoms with Gasteiger partial charge in [0.1, 0.15) is 11.5 Å². The van der Waals surface area contributed by atoms with Crippen LogP contribution in [-0.2, 0) is 6.54 Å². The number of nitrogens with one attached hydrogen (secondary N) is 2. The second-order valence-electron chi connectivity index (χ2n) is 4.65. The first-order chi connectivity index (χ1) is 11.3. The Kier molecular flexibility index (Phi) is 4.68. The molecule has 0 radical (unpaired) electrons. The van der Waals surface area contributed by atoms with Crippen molar-refractivity contribution >= 4 is 17.5 Å². The molecule has 0 aliphatic heterocycles. The maximum Gasteiger partial charge on any atom is 0.245 e. The zero-order chi connectivity index (χ0) is 15.9. The van der Waals surface area contributed by atoms with Crippen molar-refractivity contribution in [3.05, 3.63) is 54.6 Å². The third-order valence-corrected chi connectivity index (χ3v) is 3.01. The van der Waals surface area contributed by atoms with Gasteiger partial charge >= 0.3 is 0 Å². The van der Waals surface area contributed by atoms with Crippen LogP contribution in [0.4, 0.5) is 17.5 Å². The number of para-hydroxylation sites is 2. The van der Waals surface area contributed by atoms with Crippen LogP contribution >= 0.6 is 0 Å². The molecule has 0 aliphatic carbocycles. The number of ether oxygens (including phenoxy) is 1. The van der Waals surface area contributed by atoms with Crippen LogP contribution in [0.2, 0.25) is 0 Å². The van der Waals surface area contributed by atoms with E-state index in [1.54, 1.807) is 12.5 Å². The van der Waals surface area contributed by atoms with Crippen LogP contribution in [0.15, 0.2) is 53.3 Å². The minimum Gasteiger partial charge on any atom is -0.492 e. The molecule has 0 unspecified atom stereocenters. The molecule has 7 heteroatoms. The zero-order valence-corrected chi connectivity index (χ0v) is 12.7. The first-order valence-electron chi connectivity index (χ1n) is 7.30. The molecule has 0 amide bonds. The van der Waals surface area contributed by atoms with Crippen molar-refractivity contribution in [3.63, 3.8) is 0 Å². The van der Waals surface area contributed by atoms with Crippen molar-refractivity contribution in [2.75, 3.05) is 17.2 Å². The van der Waals surface area contributed by atoms with Gasteiger partial charge in [0.25, 0.3) is 0 Å². The Morgan fingerprint density at radius 3 is 2.91 bits per heavy atom. The minimum absolute atomic E-state index is 0.417. The molecular formula is C16H17N5O2. The van der Waals surface area contributed by atoms with E-state index in [0.717, 1.165) is 17.2 Å². The van der Waals surface area contributed by atoms with E-state index in [0.29, 0.717) is 24.9 Å². The van der Waals surface area contributed by atoms with E-state index in [2.05, 4.69) is 25.8 Å². The van der Waals surface area contributed by atoms with Gasteiger partial charge in [-0.25, -0.2) is 0 Å². The van der Waals surface area contributed by atoms with Crippen molar-refractivity contribution in [3.8, 4) is 5.75 Å². The fraction of sp³-hybridized carbons (Fsp3) is 0.188. The summed E-state index contributed by atoms with van der Waals surface area (Å²) in [5.74, 6) is 2.56. The van der Waals surface area contributed by atoms with Gasteiger partial charge in [0.2, 0.25) is 5.95 Å². The lowest BCUT2D eigenvalue weighted by atomic mass is 10.3. The molecule has 23 heavy (non-hydrogen) atoms. The molecular weight excluding hydrogens is 294 g/mol. The quantitative estimate of drug-likeness (QED) is 0.693. The molecule has 118 valence electrons. The first kappa shape index (κ1) is 14.8. The molecule has 1 aromatic carbocycles. The molecule has 2 aromatic heterocycles. The Hall–Kier alpha value is -3.09. The predicted octanol–water partition coefficient (Wildman–Crippen LogP) is 3.22. The highest BCUT2D eigenvalue weighted by Gasteiger charge is 2.06. The molecule has 0 bridgehead atoms. The van der Waals surface area contributed by atoms with Gasteiger partial charge in [-0.05, 0) is 31.2 Å². The number of anilines is 3. The van der Waals surface area contributed by atoms with Crippen molar-refractivity contribution < 1.29 is 9.15 Å². The highest BCUT2D eigenvalue weighted by molar-refractivity contribution is 5.63. The van der Waals surface area contributed by atoms with Crippen LogP contribution < -0.4 is 15.4 Å². The molecule has 0 saturated carbocycles. The van der Waals surface area contributed by atoms with Crippen molar-refractivity contribution in [2.24, 2.45) is 0 Å². The topological polar surface area (TPSA) is 85.1 Å². The number of rotatable bonds is 7. The Morgan fingerprint density at radius 1 is 1.17 bits per heavy atom. The summed E-state index contributed by atoms with van der Waals surface area (Å²) in [6, 6.07) is 11.4. The van der Waals surface area contributed by atoms with Gasteiger partial charge in [-0.15, -0.1) is 5.10 Å². The number of furan rings is 1.